The second-order valence-corrected chi connectivity index (χ2v) is 4.78. The van der Waals surface area contributed by atoms with E-state index in [1.807, 2.05) is 10.9 Å². The van der Waals surface area contributed by atoms with E-state index in [0.29, 0.717) is 17.5 Å². The highest BCUT2D eigenvalue weighted by Crippen LogP contribution is 2.38. The lowest BCUT2D eigenvalue weighted by Crippen LogP contribution is -2.10. The van der Waals surface area contributed by atoms with Crippen LogP contribution in [0, 0.1) is 0 Å². The van der Waals surface area contributed by atoms with Crippen molar-refractivity contribution in [3.8, 4) is 11.6 Å². The van der Waals surface area contributed by atoms with E-state index in [-0.39, 0.29) is 5.56 Å². The summed E-state index contributed by atoms with van der Waals surface area (Å²) in [7, 11) is 0. The summed E-state index contributed by atoms with van der Waals surface area (Å²) >= 11 is 0. The van der Waals surface area contributed by atoms with Crippen molar-refractivity contribution in [1.82, 2.24) is 19.7 Å². The minimum atomic E-state index is -0.173. The van der Waals surface area contributed by atoms with Crippen LogP contribution in [0.5, 0.6) is 11.6 Å². The van der Waals surface area contributed by atoms with Crippen LogP contribution in [0.1, 0.15) is 37.9 Å². The lowest BCUT2D eigenvalue weighted by molar-refractivity contribution is 0.456. The summed E-state index contributed by atoms with van der Waals surface area (Å²) in [4.78, 5) is 18.6. The van der Waals surface area contributed by atoms with Crippen LogP contribution < -0.4 is 10.3 Å². The van der Waals surface area contributed by atoms with Crippen molar-refractivity contribution in [1.29, 1.82) is 0 Å². The molecule has 1 fully saturated rings. The van der Waals surface area contributed by atoms with Gasteiger partial charge in [0.05, 0.1) is 18.5 Å². The minimum absolute atomic E-state index is 0.173. The molecule has 2 aromatic heterocycles. The zero-order chi connectivity index (χ0) is 13.2. The summed E-state index contributed by atoms with van der Waals surface area (Å²) in [5, 5.41) is 4.17. The molecule has 19 heavy (non-hydrogen) atoms. The average Bonchev–Trinajstić information content (AvgIpc) is 3.13. The Kier molecular flexibility index (Phi) is 3.06. The maximum Gasteiger partial charge on any atom is 0.254 e. The van der Waals surface area contributed by atoms with Gasteiger partial charge in [0.25, 0.3) is 5.56 Å². The predicted molar refractivity (Wildman–Crippen MR) is 69.4 cm³/mol. The topological polar surface area (TPSA) is 72.8 Å². The Morgan fingerprint density at radius 3 is 3.11 bits per heavy atom. The van der Waals surface area contributed by atoms with E-state index in [2.05, 4.69) is 22.0 Å². The third-order valence-corrected chi connectivity index (χ3v) is 2.99. The quantitative estimate of drug-likeness (QED) is 0.893. The van der Waals surface area contributed by atoms with Crippen LogP contribution in [-0.4, -0.2) is 19.7 Å². The third kappa shape index (κ3) is 2.83. The molecule has 1 aliphatic carbocycles. The molecular weight excluding hydrogens is 244 g/mol. The summed E-state index contributed by atoms with van der Waals surface area (Å²) in [6, 6.07) is 1.36. The van der Waals surface area contributed by atoms with Gasteiger partial charge in [0, 0.05) is 12.5 Å². The Hall–Kier alpha value is -2.11. The number of aryl methyl sites for hydroxylation is 1. The molecule has 6 nitrogen and oxygen atoms in total. The van der Waals surface area contributed by atoms with Crippen molar-refractivity contribution < 1.29 is 4.74 Å². The molecule has 0 unspecified atom stereocenters. The van der Waals surface area contributed by atoms with Gasteiger partial charge in [-0.1, -0.05) is 6.92 Å². The first-order valence-electron chi connectivity index (χ1n) is 6.56. The van der Waals surface area contributed by atoms with Crippen LogP contribution in [-0.2, 0) is 6.54 Å². The van der Waals surface area contributed by atoms with Crippen molar-refractivity contribution in [3.05, 3.63) is 34.6 Å². The van der Waals surface area contributed by atoms with Gasteiger partial charge in [-0.2, -0.15) is 10.1 Å². The van der Waals surface area contributed by atoms with Crippen LogP contribution in [0.3, 0.4) is 0 Å². The number of nitrogens with zero attached hydrogens (tertiary/aromatic N) is 3. The number of rotatable bonds is 5. The van der Waals surface area contributed by atoms with Crippen LogP contribution in [0.15, 0.2) is 23.3 Å². The first-order valence-corrected chi connectivity index (χ1v) is 6.56. The molecule has 0 spiro atoms. The second kappa shape index (κ2) is 4.87. The molecule has 1 aliphatic rings. The van der Waals surface area contributed by atoms with E-state index in [1.54, 1.807) is 6.20 Å². The van der Waals surface area contributed by atoms with Crippen molar-refractivity contribution in [3.63, 3.8) is 0 Å². The maximum atomic E-state index is 11.5. The molecule has 0 aliphatic heterocycles. The molecule has 1 N–H and O–H groups in total. The Morgan fingerprint density at radius 2 is 2.37 bits per heavy atom. The molecule has 100 valence electrons. The minimum Gasteiger partial charge on any atom is -0.435 e. The zero-order valence-electron chi connectivity index (χ0n) is 10.8. The fraction of sp³-hybridized carbons (Fsp3) is 0.462. The largest absolute Gasteiger partial charge is 0.435 e. The first kappa shape index (κ1) is 12.0. The number of ether oxygens (including phenoxy) is 1. The lowest BCUT2D eigenvalue weighted by atomic mass is 10.4. The van der Waals surface area contributed by atoms with E-state index >= 15 is 0 Å². The van der Waals surface area contributed by atoms with Gasteiger partial charge < -0.3 is 9.72 Å². The fourth-order valence-electron chi connectivity index (χ4n) is 1.93. The summed E-state index contributed by atoms with van der Waals surface area (Å²) < 4.78 is 7.40. The molecule has 0 amide bonds. The van der Waals surface area contributed by atoms with Crippen LogP contribution in [0.4, 0.5) is 0 Å². The van der Waals surface area contributed by atoms with Crippen molar-refractivity contribution in [2.75, 3.05) is 0 Å². The summed E-state index contributed by atoms with van der Waals surface area (Å²) in [5.74, 6) is 2.05. The molecule has 3 rings (SSSR count). The van der Waals surface area contributed by atoms with Gasteiger partial charge in [-0.3, -0.25) is 9.48 Å². The summed E-state index contributed by atoms with van der Waals surface area (Å²) in [5.41, 5.74) is -0.173. The van der Waals surface area contributed by atoms with Gasteiger partial charge in [-0.15, -0.1) is 0 Å². The van der Waals surface area contributed by atoms with Crippen molar-refractivity contribution >= 4 is 0 Å². The van der Waals surface area contributed by atoms with Crippen molar-refractivity contribution in [2.45, 2.75) is 38.6 Å². The van der Waals surface area contributed by atoms with E-state index in [9.17, 15) is 4.79 Å². The predicted octanol–water partition coefficient (Wildman–Crippen LogP) is 2.05. The third-order valence-electron chi connectivity index (χ3n) is 2.99. The Labute approximate surface area is 110 Å². The number of aromatic nitrogens is 4. The summed E-state index contributed by atoms with van der Waals surface area (Å²) in [6.45, 7) is 2.93. The average molecular weight is 260 g/mol. The number of hydrogen-bond donors (Lipinski definition) is 1. The zero-order valence-corrected chi connectivity index (χ0v) is 10.8. The molecule has 2 heterocycles. The van der Waals surface area contributed by atoms with Gasteiger partial charge in [-0.05, 0) is 19.3 Å². The van der Waals surface area contributed by atoms with Gasteiger partial charge >= 0.3 is 0 Å². The van der Waals surface area contributed by atoms with E-state index in [1.165, 1.54) is 6.07 Å². The normalized spacial score (nSPS) is 14.6. The number of hydrogen-bond acceptors (Lipinski definition) is 4. The molecule has 0 aromatic carbocycles. The molecule has 6 heteroatoms. The van der Waals surface area contributed by atoms with Crippen LogP contribution in [0.25, 0.3) is 0 Å². The molecular formula is C13H16N4O2. The SMILES string of the molecule is CCCn1cc(Oc2cc(=O)[nH]c(C3CC3)n2)cn1. The Bertz CT molecular complexity index is 628. The highest BCUT2D eigenvalue weighted by molar-refractivity contribution is 5.22. The maximum absolute atomic E-state index is 11.5. The molecule has 2 aromatic rings. The molecule has 0 atom stereocenters. The van der Waals surface area contributed by atoms with Gasteiger partial charge in [-0.25, -0.2) is 0 Å². The fourth-order valence-corrected chi connectivity index (χ4v) is 1.93. The molecule has 0 saturated heterocycles. The second-order valence-electron chi connectivity index (χ2n) is 4.78. The molecule has 0 radical (unpaired) electrons. The summed E-state index contributed by atoms with van der Waals surface area (Å²) in [6.07, 6.45) is 6.62. The number of nitrogens with one attached hydrogen (secondary N) is 1. The highest BCUT2D eigenvalue weighted by atomic mass is 16.5. The number of aromatic amines is 1. The van der Waals surface area contributed by atoms with Crippen LogP contribution >= 0.6 is 0 Å². The van der Waals surface area contributed by atoms with Gasteiger partial charge in [0.1, 0.15) is 5.82 Å². The van der Waals surface area contributed by atoms with E-state index in [4.69, 9.17) is 4.74 Å². The molecule has 0 bridgehead atoms. The molecule has 1 saturated carbocycles. The van der Waals surface area contributed by atoms with Crippen molar-refractivity contribution in [2.24, 2.45) is 0 Å². The lowest BCUT2D eigenvalue weighted by Gasteiger charge is -2.03. The Morgan fingerprint density at radius 1 is 1.53 bits per heavy atom. The smallest absolute Gasteiger partial charge is 0.254 e. The number of H-pyrrole nitrogens is 1. The highest BCUT2D eigenvalue weighted by Gasteiger charge is 2.26. The van der Waals surface area contributed by atoms with Gasteiger partial charge in [0.15, 0.2) is 5.75 Å². The monoisotopic (exact) mass is 260 g/mol. The first-order chi connectivity index (χ1) is 9.24. The Balaban J connectivity index is 1.79. The standard InChI is InChI=1S/C13H16N4O2/c1-2-5-17-8-10(7-14-17)19-12-6-11(18)15-13(16-12)9-3-4-9/h6-9H,2-5H2,1H3,(H,15,16,18). The van der Waals surface area contributed by atoms with Crippen LogP contribution in [0.2, 0.25) is 0 Å². The van der Waals surface area contributed by atoms with E-state index < -0.39 is 0 Å². The van der Waals surface area contributed by atoms with Gasteiger partial charge in [0.2, 0.25) is 5.88 Å². The van der Waals surface area contributed by atoms with E-state index in [0.717, 1.165) is 31.6 Å².